The SMILES string of the molecule is Cn1cc([C@@H]2CCCN2C(=O)c2cc3c(s2)CCOC3)cn1. The largest absolute Gasteiger partial charge is 0.376 e. The number of thiophene rings is 1. The van der Waals surface area contributed by atoms with Gasteiger partial charge in [0.05, 0.1) is 30.3 Å². The summed E-state index contributed by atoms with van der Waals surface area (Å²) in [5, 5.41) is 4.25. The van der Waals surface area contributed by atoms with Crippen molar-refractivity contribution in [3.05, 3.63) is 39.3 Å². The lowest BCUT2D eigenvalue weighted by Gasteiger charge is -2.23. The molecule has 0 aromatic carbocycles. The van der Waals surface area contributed by atoms with Crippen LogP contribution in [0.1, 0.15) is 44.6 Å². The van der Waals surface area contributed by atoms with Crippen LogP contribution in [0.2, 0.25) is 0 Å². The molecule has 1 atom stereocenters. The van der Waals surface area contributed by atoms with Gasteiger partial charge in [0.2, 0.25) is 0 Å². The van der Waals surface area contributed by atoms with E-state index in [4.69, 9.17) is 4.74 Å². The van der Waals surface area contributed by atoms with Crippen molar-refractivity contribution in [1.29, 1.82) is 0 Å². The van der Waals surface area contributed by atoms with Crippen molar-refractivity contribution in [2.45, 2.75) is 31.9 Å². The van der Waals surface area contributed by atoms with E-state index in [1.807, 2.05) is 30.4 Å². The second-order valence-electron chi connectivity index (χ2n) is 5.97. The van der Waals surface area contributed by atoms with Gasteiger partial charge in [0, 0.05) is 36.7 Å². The van der Waals surface area contributed by atoms with Crippen LogP contribution in [0.3, 0.4) is 0 Å². The Hall–Kier alpha value is -1.66. The number of aromatic nitrogens is 2. The minimum atomic E-state index is 0.158. The van der Waals surface area contributed by atoms with Crippen LogP contribution in [0.15, 0.2) is 18.5 Å². The highest BCUT2D eigenvalue weighted by molar-refractivity contribution is 7.14. The van der Waals surface area contributed by atoms with E-state index >= 15 is 0 Å². The van der Waals surface area contributed by atoms with Crippen molar-refractivity contribution in [3.8, 4) is 0 Å². The first-order chi connectivity index (χ1) is 10.7. The molecule has 1 fully saturated rings. The molecule has 4 rings (SSSR count). The van der Waals surface area contributed by atoms with E-state index in [2.05, 4.69) is 5.10 Å². The first-order valence-electron chi connectivity index (χ1n) is 7.71. The summed E-state index contributed by atoms with van der Waals surface area (Å²) in [5.41, 5.74) is 2.33. The Morgan fingerprint density at radius 2 is 2.41 bits per heavy atom. The molecule has 0 radical (unpaired) electrons. The molecule has 0 unspecified atom stereocenters. The lowest BCUT2D eigenvalue weighted by atomic mass is 10.1. The number of aryl methyl sites for hydroxylation is 1. The summed E-state index contributed by atoms with van der Waals surface area (Å²) in [7, 11) is 1.91. The fourth-order valence-electron chi connectivity index (χ4n) is 3.36. The van der Waals surface area contributed by atoms with E-state index in [0.29, 0.717) is 6.61 Å². The maximum atomic E-state index is 12.9. The summed E-state index contributed by atoms with van der Waals surface area (Å²) >= 11 is 1.64. The number of hydrogen-bond donors (Lipinski definition) is 0. The highest BCUT2D eigenvalue weighted by Gasteiger charge is 2.32. The molecule has 0 saturated carbocycles. The topological polar surface area (TPSA) is 47.4 Å². The summed E-state index contributed by atoms with van der Waals surface area (Å²) < 4.78 is 7.28. The first kappa shape index (κ1) is 14.0. The molecular formula is C16H19N3O2S. The Kier molecular flexibility index (Phi) is 3.50. The quantitative estimate of drug-likeness (QED) is 0.855. The van der Waals surface area contributed by atoms with Crippen molar-refractivity contribution >= 4 is 17.2 Å². The Morgan fingerprint density at radius 1 is 1.50 bits per heavy atom. The number of hydrogen-bond acceptors (Lipinski definition) is 4. The molecule has 116 valence electrons. The van der Waals surface area contributed by atoms with Crippen LogP contribution in [0, 0.1) is 0 Å². The lowest BCUT2D eigenvalue weighted by molar-refractivity contribution is 0.0740. The second-order valence-corrected chi connectivity index (χ2v) is 7.10. The maximum absolute atomic E-state index is 12.9. The summed E-state index contributed by atoms with van der Waals surface area (Å²) in [6.45, 7) is 2.24. The second kappa shape index (κ2) is 5.52. The molecule has 2 aromatic heterocycles. The number of ether oxygens (including phenoxy) is 1. The van der Waals surface area contributed by atoms with Crippen molar-refractivity contribution in [3.63, 3.8) is 0 Å². The average Bonchev–Trinajstić information content (AvgIpc) is 3.24. The van der Waals surface area contributed by atoms with Gasteiger partial charge in [-0.1, -0.05) is 0 Å². The average molecular weight is 317 g/mol. The van der Waals surface area contributed by atoms with E-state index in [0.717, 1.165) is 42.9 Å². The van der Waals surface area contributed by atoms with Crippen molar-refractivity contribution in [1.82, 2.24) is 14.7 Å². The third-order valence-electron chi connectivity index (χ3n) is 4.46. The van der Waals surface area contributed by atoms with Crippen molar-refractivity contribution in [2.24, 2.45) is 7.05 Å². The Bertz CT molecular complexity index is 683. The third kappa shape index (κ3) is 2.36. The molecule has 0 bridgehead atoms. The normalized spacial score (nSPS) is 21.1. The van der Waals surface area contributed by atoms with Crippen LogP contribution >= 0.6 is 11.3 Å². The summed E-state index contributed by atoms with van der Waals surface area (Å²) in [6.07, 6.45) is 6.90. The Labute approximate surface area is 133 Å². The molecule has 0 spiro atoms. The molecule has 4 heterocycles. The predicted octanol–water partition coefficient (Wildman–Crippen LogP) is 2.53. The van der Waals surface area contributed by atoms with Gasteiger partial charge in [-0.15, -0.1) is 11.3 Å². The zero-order valence-corrected chi connectivity index (χ0v) is 13.4. The summed E-state index contributed by atoms with van der Waals surface area (Å²) in [5.74, 6) is 0.158. The number of amides is 1. The van der Waals surface area contributed by atoms with Gasteiger partial charge < -0.3 is 9.64 Å². The molecule has 1 saturated heterocycles. The molecule has 0 aliphatic carbocycles. The maximum Gasteiger partial charge on any atom is 0.264 e. The lowest BCUT2D eigenvalue weighted by Crippen LogP contribution is -2.29. The van der Waals surface area contributed by atoms with E-state index < -0.39 is 0 Å². The number of nitrogens with zero attached hydrogens (tertiary/aromatic N) is 3. The zero-order chi connectivity index (χ0) is 15.1. The van der Waals surface area contributed by atoms with Gasteiger partial charge in [-0.3, -0.25) is 9.48 Å². The van der Waals surface area contributed by atoms with Crippen molar-refractivity contribution < 1.29 is 9.53 Å². The molecule has 6 heteroatoms. The van der Waals surface area contributed by atoms with Gasteiger partial charge in [0.25, 0.3) is 5.91 Å². The van der Waals surface area contributed by atoms with E-state index in [9.17, 15) is 4.79 Å². The van der Waals surface area contributed by atoms with Crippen LogP contribution in [0.4, 0.5) is 0 Å². The molecule has 0 N–H and O–H groups in total. The number of carbonyl (C=O) groups is 1. The third-order valence-corrected chi connectivity index (χ3v) is 5.69. The van der Waals surface area contributed by atoms with Gasteiger partial charge in [0.15, 0.2) is 0 Å². The minimum absolute atomic E-state index is 0.158. The standard InChI is InChI=1S/C16H19N3O2S/c1-18-9-12(8-17-18)13-3-2-5-19(13)16(20)15-7-11-10-21-6-4-14(11)22-15/h7-9,13H,2-6,10H2,1H3/t13-/m0/s1. The molecular weight excluding hydrogens is 298 g/mol. The van der Waals surface area contributed by atoms with Crippen LogP contribution in [-0.2, 0) is 24.8 Å². The van der Waals surface area contributed by atoms with Crippen LogP contribution in [0.25, 0.3) is 0 Å². The molecule has 5 nitrogen and oxygen atoms in total. The summed E-state index contributed by atoms with van der Waals surface area (Å²) in [6, 6.07) is 2.19. The fourth-order valence-corrected chi connectivity index (χ4v) is 4.47. The number of rotatable bonds is 2. The van der Waals surface area contributed by atoms with Crippen LogP contribution < -0.4 is 0 Å². The molecule has 2 aromatic rings. The van der Waals surface area contributed by atoms with Gasteiger partial charge in [-0.05, 0) is 24.5 Å². The Morgan fingerprint density at radius 3 is 3.18 bits per heavy atom. The predicted molar refractivity (Wildman–Crippen MR) is 83.9 cm³/mol. The number of likely N-dealkylation sites (tertiary alicyclic amines) is 1. The molecule has 22 heavy (non-hydrogen) atoms. The van der Waals surface area contributed by atoms with Gasteiger partial charge in [-0.2, -0.15) is 5.10 Å². The van der Waals surface area contributed by atoms with Gasteiger partial charge in [0.1, 0.15) is 0 Å². The van der Waals surface area contributed by atoms with E-state index in [1.165, 1.54) is 10.4 Å². The fraction of sp³-hybridized carbons (Fsp3) is 0.500. The zero-order valence-electron chi connectivity index (χ0n) is 12.6. The highest BCUT2D eigenvalue weighted by atomic mass is 32.1. The summed E-state index contributed by atoms with van der Waals surface area (Å²) in [4.78, 5) is 17.1. The highest BCUT2D eigenvalue weighted by Crippen LogP contribution is 2.35. The Balaban J connectivity index is 1.60. The van der Waals surface area contributed by atoms with Crippen LogP contribution in [-0.4, -0.2) is 33.7 Å². The van der Waals surface area contributed by atoms with Crippen molar-refractivity contribution in [2.75, 3.05) is 13.2 Å². The van der Waals surface area contributed by atoms with Gasteiger partial charge in [-0.25, -0.2) is 0 Å². The monoisotopic (exact) mass is 317 g/mol. The smallest absolute Gasteiger partial charge is 0.264 e. The van der Waals surface area contributed by atoms with E-state index in [1.54, 1.807) is 16.0 Å². The van der Waals surface area contributed by atoms with Crippen LogP contribution in [0.5, 0.6) is 0 Å². The minimum Gasteiger partial charge on any atom is -0.376 e. The molecule has 1 amide bonds. The number of fused-ring (bicyclic) bond motifs is 1. The van der Waals surface area contributed by atoms with E-state index in [-0.39, 0.29) is 11.9 Å². The van der Waals surface area contributed by atoms with Gasteiger partial charge >= 0.3 is 0 Å². The molecule has 2 aliphatic rings. The molecule has 2 aliphatic heterocycles. The first-order valence-corrected chi connectivity index (χ1v) is 8.53. The number of carbonyl (C=O) groups excluding carboxylic acids is 1.